The Morgan fingerprint density at radius 3 is 2.44 bits per heavy atom. The highest BCUT2D eigenvalue weighted by Gasteiger charge is 2.13. The molecule has 0 aliphatic rings. The minimum absolute atomic E-state index is 0.0778. The summed E-state index contributed by atoms with van der Waals surface area (Å²) in [6.45, 7) is 1.92. The molecule has 2 rings (SSSR count). The maximum atomic E-state index is 11.9. The third-order valence-electron chi connectivity index (χ3n) is 2.47. The average molecular weight is 306 g/mol. The van der Waals surface area contributed by atoms with Crippen molar-refractivity contribution in [3.63, 3.8) is 0 Å². The number of benzene rings is 1. The lowest BCUT2D eigenvalue weighted by Crippen LogP contribution is -2.28. The van der Waals surface area contributed by atoms with E-state index in [9.17, 15) is 4.79 Å². The van der Waals surface area contributed by atoms with Crippen LogP contribution in [0.25, 0.3) is 0 Å². The Bertz CT molecular complexity index is 528. The number of amides is 1. The molecule has 0 bridgehead atoms. The highest BCUT2D eigenvalue weighted by atomic mass is 79.9. The molecule has 1 aromatic carbocycles. The zero-order valence-electron chi connectivity index (χ0n) is 9.80. The molecule has 18 heavy (non-hydrogen) atoms. The van der Waals surface area contributed by atoms with Crippen molar-refractivity contribution in [3.05, 3.63) is 58.6 Å². The molecule has 0 aliphatic carbocycles. The fourth-order valence-electron chi connectivity index (χ4n) is 1.52. The highest BCUT2D eigenvalue weighted by molar-refractivity contribution is 9.10. The number of carbonyl (C=O) groups excluding carboxylic acids is 1. The SMILES string of the molecule is C[C@@H](NC(=O)c1ncc(Br)cn1)c1ccccc1. The Hall–Kier alpha value is -1.75. The van der Waals surface area contributed by atoms with Gasteiger partial charge in [0.15, 0.2) is 0 Å². The van der Waals surface area contributed by atoms with Gasteiger partial charge in [0.05, 0.1) is 10.5 Å². The summed E-state index contributed by atoms with van der Waals surface area (Å²) in [6, 6.07) is 9.67. The molecule has 1 N–H and O–H groups in total. The molecule has 1 heterocycles. The number of carbonyl (C=O) groups is 1. The van der Waals surface area contributed by atoms with Crippen molar-refractivity contribution in [3.8, 4) is 0 Å². The summed E-state index contributed by atoms with van der Waals surface area (Å²) in [5, 5.41) is 2.85. The predicted molar refractivity (Wildman–Crippen MR) is 72.1 cm³/mol. The third kappa shape index (κ3) is 3.13. The monoisotopic (exact) mass is 305 g/mol. The summed E-state index contributed by atoms with van der Waals surface area (Å²) in [4.78, 5) is 19.8. The number of nitrogens with one attached hydrogen (secondary N) is 1. The van der Waals surface area contributed by atoms with E-state index in [-0.39, 0.29) is 17.8 Å². The lowest BCUT2D eigenvalue weighted by molar-refractivity contribution is 0.0929. The van der Waals surface area contributed by atoms with Crippen LogP contribution in [0.15, 0.2) is 47.2 Å². The van der Waals surface area contributed by atoms with Gasteiger partial charge in [-0.15, -0.1) is 0 Å². The Morgan fingerprint density at radius 2 is 1.83 bits per heavy atom. The van der Waals surface area contributed by atoms with Gasteiger partial charge in [-0.25, -0.2) is 9.97 Å². The van der Waals surface area contributed by atoms with Crippen LogP contribution in [-0.4, -0.2) is 15.9 Å². The number of hydrogen-bond acceptors (Lipinski definition) is 3. The van der Waals surface area contributed by atoms with Crippen LogP contribution in [0, 0.1) is 0 Å². The lowest BCUT2D eigenvalue weighted by Gasteiger charge is -2.13. The van der Waals surface area contributed by atoms with Gasteiger partial charge in [0.25, 0.3) is 5.91 Å². The first-order valence-corrected chi connectivity index (χ1v) is 6.29. The van der Waals surface area contributed by atoms with Crippen molar-refractivity contribution in [1.82, 2.24) is 15.3 Å². The van der Waals surface area contributed by atoms with Crippen molar-refractivity contribution in [1.29, 1.82) is 0 Å². The lowest BCUT2D eigenvalue weighted by atomic mass is 10.1. The molecule has 1 atom stereocenters. The standard InChI is InChI=1S/C13H12BrN3O/c1-9(10-5-3-2-4-6-10)17-13(18)12-15-7-11(14)8-16-12/h2-9H,1H3,(H,17,18)/t9-/m1/s1. The van der Waals surface area contributed by atoms with E-state index in [0.717, 1.165) is 10.0 Å². The van der Waals surface area contributed by atoms with Gasteiger partial charge in [-0.1, -0.05) is 30.3 Å². The zero-order valence-corrected chi connectivity index (χ0v) is 11.4. The minimum atomic E-state index is -0.279. The van der Waals surface area contributed by atoms with Gasteiger partial charge in [0, 0.05) is 12.4 Å². The summed E-state index contributed by atoms with van der Waals surface area (Å²) < 4.78 is 0.746. The van der Waals surface area contributed by atoms with Crippen LogP contribution in [0.4, 0.5) is 0 Å². The molecule has 0 unspecified atom stereocenters. The van der Waals surface area contributed by atoms with Crippen LogP contribution in [0.2, 0.25) is 0 Å². The van der Waals surface area contributed by atoms with Gasteiger partial charge in [-0.05, 0) is 28.4 Å². The molecule has 1 aromatic heterocycles. The smallest absolute Gasteiger partial charge is 0.289 e. The van der Waals surface area contributed by atoms with E-state index in [1.807, 2.05) is 37.3 Å². The molecule has 0 saturated carbocycles. The summed E-state index contributed by atoms with van der Waals surface area (Å²) in [6.07, 6.45) is 3.10. The topological polar surface area (TPSA) is 54.9 Å². The minimum Gasteiger partial charge on any atom is -0.343 e. The van der Waals surface area contributed by atoms with Crippen LogP contribution >= 0.6 is 15.9 Å². The van der Waals surface area contributed by atoms with E-state index in [1.54, 1.807) is 12.4 Å². The zero-order chi connectivity index (χ0) is 13.0. The summed E-state index contributed by atoms with van der Waals surface area (Å²) in [7, 11) is 0. The maximum Gasteiger partial charge on any atom is 0.289 e. The van der Waals surface area contributed by atoms with Crippen molar-refractivity contribution in [2.75, 3.05) is 0 Å². The van der Waals surface area contributed by atoms with E-state index >= 15 is 0 Å². The fourth-order valence-corrected chi connectivity index (χ4v) is 1.72. The van der Waals surface area contributed by atoms with E-state index in [4.69, 9.17) is 0 Å². The number of nitrogens with zero attached hydrogens (tertiary/aromatic N) is 2. The van der Waals surface area contributed by atoms with Crippen LogP contribution in [-0.2, 0) is 0 Å². The first kappa shape index (κ1) is 12.7. The summed E-state index contributed by atoms with van der Waals surface area (Å²) >= 11 is 3.23. The first-order chi connectivity index (χ1) is 8.66. The number of halogens is 1. The van der Waals surface area contributed by atoms with Gasteiger partial charge in [0.2, 0.25) is 5.82 Å². The maximum absolute atomic E-state index is 11.9. The molecule has 0 saturated heterocycles. The van der Waals surface area contributed by atoms with Crippen molar-refractivity contribution < 1.29 is 4.79 Å². The number of rotatable bonds is 3. The molecule has 2 aromatic rings. The van der Waals surface area contributed by atoms with Gasteiger partial charge >= 0.3 is 0 Å². The Labute approximate surface area is 114 Å². The Morgan fingerprint density at radius 1 is 1.22 bits per heavy atom. The van der Waals surface area contributed by atoms with Crippen LogP contribution in [0.1, 0.15) is 29.1 Å². The molecule has 5 heteroatoms. The molecule has 0 spiro atoms. The average Bonchev–Trinajstić information content (AvgIpc) is 2.40. The summed E-state index contributed by atoms with van der Waals surface area (Å²) in [5.74, 6) is -0.111. The largest absolute Gasteiger partial charge is 0.343 e. The molecule has 0 radical (unpaired) electrons. The second-order valence-electron chi connectivity index (χ2n) is 3.83. The molecular weight excluding hydrogens is 294 g/mol. The highest BCUT2D eigenvalue weighted by Crippen LogP contribution is 2.11. The number of aromatic nitrogens is 2. The Balaban J connectivity index is 2.06. The van der Waals surface area contributed by atoms with Gasteiger partial charge in [-0.2, -0.15) is 0 Å². The van der Waals surface area contributed by atoms with E-state index in [0.29, 0.717) is 0 Å². The molecule has 92 valence electrons. The van der Waals surface area contributed by atoms with Crippen molar-refractivity contribution >= 4 is 21.8 Å². The van der Waals surface area contributed by atoms with Gasteiger partial charge in [0.1, 0.15) is 0 Å². The molecule has 0 fully saturated rings. The molecule has 1 amide bonds. The predicted octanol–water partition coefficient (Wildman–Crippen LogP) is 2.73. The normalized spacial score (nSPS) is 11.9. The van der Waals surface area contributed by atoms with Crippen molar-refractivity contribution in [2.24, 2.45) is 0 Å². The second kappa shape index (κ2) is 5.73. The van der Waals surface area contributed by atoms with Crippen molar-refractivity contribution in [2.45, 2.75) is 13.0 Å². The quantitative estimate of drug-likeness (QED) is 0.948. The van der Waals surface area contributed by atoms with E-state index in [1.165, 1.54) is 0 Å². The molecular formula is C13H12BrN3O. The van der Waals surface area contributed by atoms with Gasteiger partial charge in [-0.3, -0.25) is 4.79 Å². The number of hydrogen-bond donors (Lipinski definition) is 1. The van der Waals surface area contributed by atoms with Crippen LogP contribution in [0.5, 0.6) is 0 Å². The van der Waals surface area contributed by atoms with Crippen LogP contribution < -0.4 is 5.32 Å². The van der Waals surface area contributed by atoms with Gasteiger partial charge < -0.3 is 5.32 Å². The van der Waals surface area contributed by atoms with Crippen LogP contribution in [0.3, 0.4) is 0 Å². The second-order valence-corrected chi connectivity index (χ2v) is 4.75. The summed E-state index contributed by atoms with van der Waals surface area (Å²) in [5.41, 5.74) is 1.04. The third-order valence-corrected chi connectivity index (χ3v) is 2.88. The Kier molecular flexibility index (Phi) is 4.04. The molecule has 0 aliphatic heterocycles. The van der Waals surface area contributed by atoms with E-state index in [2.05, 4.69) is 31.2 Å². The van der Waals surface area contributed by atoms with E-state index < -0.39 is 0 Å². The first-order valence-electron chi connectivity index (χ1n) is 5.50. The fraction of sp³-hybridized carbons (Fsp3) is 0.154. The molecule has 4 nitrogen and oxygen atoms in total.